The second kappa shape index (κ2) is 9.89. The molecular weight excluding hydrogens is 338 g/mol. The van der Waals surface area contributed by atoms with Crippen LogP contribution in [0.5, 0.6) is 0 Å². The highest BCUT2D eigenvalue weighted by Gasteiger charge is 2.23. The molecule has 0 spiro atoms. The van der Waals surface area contributed by atoms with Crippen LogP contribution in [0.1, 0.15) is 33.2 Å². The van der Waals surface area contributed by atoms with Crippen LogP contribution >= 0.6 is 12.4 Å². The summed E-state index contributed by atoms with van der Waals surface area (Å²) in [5.41, 5.74) is 7.05. The molecule has 0 fully saturated rings. The molecule has 0 saturated carbocycles. The minimum Gasteiger partial charge on any atom is -0.469 e. The van der Waals surface area contributed by atoms with Crippen molar-refractivity contribution in [2.45, 2.75) is 19.4 Å². The van der Waals surface area contributed by atoms with Crippen molar-refractivity contribution >= 4 is 30.3 Å². The van der Waals surface area contributed by atoms with Crippen molar-refractivity contribution in [2.75, 3.05) is 21.3 Å². The summed E-state index contributed by atoms with van der Waals surface area (Å²) in [6.45, 7) is 1.65. The Hall–Kier alpha value is -2.12. The average Bonchev–Trinajstić information content (AvgIpc) is 2.58. The van der Waals surface area contributed by atoms with E-state index in [1.165, 1.54) is 27.4 Å². The summed E-state index contributed by atoms with van der Waals surface area (Å²) in [5.74, 6) is -2.10. The molecular formula is C16H22ClNO6. The van der Waals surface area contributed by atoms with Gasteiger partial charge in [-0.05, 0) is 30.2 Å². The number of halogens is 1. The van der Waals surface area contributed by atoms with Crippen molar-refractivity contribution in [3.05, 3.63) is 34.9 Å². The van der Waals surface area contributed by atoms with Gasteiger partial charge in [-0.15, -0.1) is 12.4 Å². The third kappa shape index (κ3) is 5.50. The van der Waals surface area contributed by atoms with Gasteiger partial charge in [0.15, 0.2) is 0 Å². The predicted molar refractivity (Wildman–Crippen MR) is 89.2 cm³/mol. The summed E-state index contributed by atoms with van der Waals surface area (Å²) in [7, 11) is 3.79. The fourth-order valence-corrected chi connectivity index (χ4v) is 2.09. The molecule has 1 rings (SSSR count). The van der Waals surface area contributed by atoms with Crippen molar-refractivity contribution in [3.63, 3.8) is 0 Å². The maximum Gasteiger partial charge on any atom is 0.337 e. The van der Waals surface area contributed by atoms with Crippen molar-refractivity contribution in [2.24, 2.45) is 11.7 Å². The molecule has 0 saturated heterocycles. The third-order valence-electron chi connectivity index (χ3n) is 3.52. The van der Waals surface area contributed by atoms with Gasteiger partial charge in [-0.1, -0.05) is 6.92 Å². The first-order chi connectivity index (χ1) is 10.8. The van der Waals surface area contributed by atoms with Gasteiger partial charge in [0.25, 0.3) is 0 Å². The molecule has 2 atom stereocenters. The molecule has 0 radical (unpaired) electrons. The van der Waals surface area contributed by atoms with Crippen LogP contribution < -0.4 is 5.73 Å². The molecule has 0 aliphatic heterocycles. The Morgan fingerprint density at radius 2 is 1.42 bits per heavy atom. The Morgan fingerprint density at radius 3 is 1.79 bits per heavy atom. The molecule has 1 aromatic carbocycles. The van der Waals surface area contributed by atoms with E-state index in [0.29, 0.717) is 5.56 Å². The van der Waals surface area contributed by atoms with Crippen molar-refractivity contribution in [1.29, 1.82) is 0 Å². The highest BCUT2D eigenvalue weighted by Crippen LogP contribution is 2.16. The van der Waals surface area contributed by atoms with Gasteiger partial charge in [0.2, 0.25) is 0 Å². The maximum absolute atomic E-state index is 11.7. The lowest BCUT2D eigenvalue weighted by Crippen LogP contribution is -2.36. The van der Waals surface area contributed by atoms with E-state index in [2.05, 4.69) is 14.2 Å². The number of nitrogens with two attached hydrogens (primary N) is 1. The SMILES string of the molecule is COC(=O)c1cc(CC(N)C(C)C(=O)OC)cc(C(=O)OC)c1.Cl. The van der Waals surface area contributed by atoms with Crippen LogP contribution in [0.15, 0.2) is 18.2 Å². The van der Waals surface area contributed by atoms with Crippen LogP contribution in [0.25, 0.3) is 0 Å². The number of esters is 3. The van der Waals surface area contributed by atoms with Crippen LogP contribution in [0.4, 0.5) is 0 Å². The molecule has 24 heavy (non-hydrogen) atoms. The molecule has 8 heteroatoms. The van der Waals surface area contributed by atoms with E-state index in [1.54, 1.807) is 19.1 Å². The van der Waals surface area contributed by atoms with Crippen LogP contribution in [-0.4, -0.2) is 45.3 Å². The normalized spacial score (nSPS) is 12.4. The zero-order chi connectivity index (χ0) is 17.6. The lowest BCUT2D eigenvalue weighted by atomic mass is 9.93. The number of carbonyl (C=O) groups is 3. The van der Waals surface area contributed by atoms with Crippen LogP contribution in [0.3, 0.4) is 0 Å². The summed E-state index contributed by atoms with van der Waals surface area (Å²) in [6, 6.07) is 4.00. The molecule has 7 nitrogen and oxygen atoms in total. The molecule has 0 bridgehead atoms. The van der Waals surface area contributed by atoms with Gasteiger partial charge >= 0.3 is 17.9 Å². The molecule has 2 unspecified atom stereocenters. The fraction of sp³-hybridized carbons (Fsp3) is 0.438. The van der Waals surface area contributed by atoms with E-state index < -0.39 is 29.9 Å². The number of hydrogen-bond acceptors (Lipinski definition) is 7. The zero-order valence-electron chi connectivity index (χ0n) is 14.0. The molecule has 1 aromatic rings. The van der Waals surface area contributed by atoms with E-state index >= 15 is 0 Å². The summed E-state index contributed by atoms with van der Waals surface area (Å²) in [6.07, 6.45) is 0.283. The monoisotopic (exact) mass is 359 g/mol. The zero-order valence-corrected chi connectivity index (χ0v) is 14.8. The first-order valence-electron chi connectivity index (χ1n) is 6.98. The van der Waals surface area contributed by atoms with E-state index in [0.717, 1.165) is 0 Å². The largest absolute Gasteiger partial charge is 0.469 e. The second-order valence-electron chi connectivity index (χ2n) is 5.08. The Balaban J connectivity index is 0.00000529. The summed E-state index contributed by atoms with van der Waals surface area (Å²) < 4.78 is 14.0. The number of ether oxygens (including phenoxy) is 3. The van der Waals surface area contributed by atoms with Gasteiger partial charge < -0.3 is 19.9 Å². The standard InChI is InChI=1S/C16H21NO6.ClH/c1-9(14(18)21-2)13(17)7-10-5-11(15(19)22-3)8-12(6-10)16(20)23-4;/h5-6,8-9,13H,7,17H2,1-4H3;1H. The predicted octanol–water partition coefficient (Wildman–Crippen LogP) is 1.36. The highest BCUT2D eigenvalue weighted by molar-refractivity contribution is 5.95. The van der Waals surface area contributed by atoms with Crippen molar-refractivity contribution in [1.82, 2.24) is 0 Å². The minimum atomic E-state index is -0.577. The number of benzene rings is 1. The minimum absolute atomic E-state index is 0. The molecule has 0 heterocycles. The highest BCUT2D eigenvalue weighted by atomic mass is 35.5. The van der Waals surface area contributed by atoms with Crippen LogP contribution in [-0.2, 0) is 25.4 Å². The lowest BCUT2D eigenvalue weighted by Gasteiger charge is -2.18. The topological polar surface area (TPSA) is 105 Å². The van der Waals surface area contributed by atoms with Crippen molar-refractivity contribution in [3.8, 4) is 0 Å². The second-order valence-corrected chi connectivity index (χ2v) is 5.08. The quantitative estimate of drug-likeness (QED) is 0.603. The summed E-state index contributed by atoms with van der Waals surface area (Å²) in [5, 5.41) is 0. The van der Waals surface area contributed by atoms with E-state index in [1.807, 2.05) is 0 Å². The Bertz CT molecular complexity index is 570. The van der Waals surface area contributed by atoms with Gasteiger partial charge in [0.05, 0.1) is 38.4 Å². The Kier molecular flexibility index (Phi) is 9.02. The fourth-order valence-electron chi connectivity index (χ4n) is 2.09. The first-order valence-corrected chi connectivity index (χ1v) is 6.98. The molecule has 134 valence electrons. The Labute approximate surface area is 146 Å². The third-order valence-corrected chi connectivity index (χ3v) is 3.52. The number of carbonyl (C=O) groups excluding carboxylic acids is 3. The molecule has 0 amide bonds. The molecule has 0 aliphatic rings. The van der Waals surface area contributed by atoms with E-state index in [9.17, 15) is 14.4 Å². The lowest BCUT2D eigenvalue weighted by molar-refractivity contribution is -0.145. The molecule has 2 N–H and O–H groups in total. The van der Waals surface area contributed by atoms with Crippen molar-refractivity contribution < 1.29 is 28.6 Å². The smallest absolute Gasteiger partial charge is 0.337 e. The maximum atomic E-state index is 11.7. The number of hydrogen-bond donors (Lipinski definition) is 1. The average molecular weight is 360 g/mol. The summed E-state index contributed by atoms with van der Waals surface area (Å²) in [4.78, 5) is 35.0. The van der Waals surface area contributed by atoms with E-state index in [4.69, 9.17) is 5.73 Å². The van der Waals surface area contributed by atoms with E-state index in [-0.39, 0.29) is 30.0 Å². The first kappa shape index (κ1) is 21.9. The van der Waals surface area contributed by atoms with Gasteiger partial charge in [-0.2, -0.15) is 0 Å². The number of rotatable bonds is 6. The molecule has 0 aromatic heterocycles. The van der Waals surface area contributed by atoms with Gasteiger partial charge in [-0.3, -0.25) is 4.79 Å². The van der Waals surface area contributed by atoms with Crippen LogP contribution in [0.2, 0.25) is 0 Å². The van der Waals surface area contributed by atoms with Gasteiger partial charge in [0.1, 0.15) is 0 Å². The Morgan fingerprint density at radius 1 is 0.958 bits per heavy atom. The van der Waals surface area contributed by atoms with Gasteiger partial charge in [-0.25, -0.2) is 9.59 Å². The summed E-state index contributed by atoms with van der Waals surface area (Å²) >= 11 is 0. The molecule has 0 aliphatic carbocycles. The number of methoxy groups -OCH3 is 3. The van der Waals surface area contributed by atoms with Gasteiger partial charge in [0, 0.05) is 6.04 Å². The van der Waals surface area contributed by atoms with Crippen LogP contribution in [0, 0.1) is 5.92 Å².